The SMILES string of the molecule is Nc1cc(CC2CCNC2)on1. The average Bonchev–Trinajstić information content (AvgIpc) is 2.63. The molecule has 12 heavy (non-hydrogen) atoms. The van der Waals surface area contributed by atoms with E-state index in [2.05, 4.69) is 10.5 Å². The Labute approximate surface area is 71.1 Å². The predicted octanol–water partition coefficient (Wildman–Crippen LogP) is 0.409. The fraction of sp³-hybridized carbons (Fsp3) is 0.625. The summed E-state index contributed by atoms with van der Waals surface area (Å²) in [5.41, 5.74) is 5.43. The average molecular weight is 167 g/mol. The number of rotatable bonds is 2. The molecule has 1 fully saturated rings. The molecule has 1 aromatic heterocycles. The first-order valence-electron chi connectivity index (χ1n) is 4.26. The van der Waals surface area contributed by atoms with Gasteiger partial charge in [-0.1, -0.05) is 5.16 Å². The Bertz CT molecular complexity index is 253. The van der Waals surface area contributed by atoms with Gasteiger partial charge in [-0.25, -0.2) is 0 Å². The van der Waals surface area contributed by atoms with Gasteiger partial charge in [0.1, 0.15) is 5.76 Å². The van der Waals surface area contributed by atoms with Gasteiger partial charge < -0.3 is 15.6 Å². The van der Waals surface area contributed by atoms with E-state index < -0.39 is 0 Å². The van der Waals surface area contributed by atoms with Crippen molar-refractivity contribution in [3.8, 4) is 0 Å². The zero-order valence-electron chi connectivity index (χ0n) is 6.92. The van der Waals surface area contributed by atoms with Gasteiger partial charge >= 0.3 is 0 Å². The van der Waals surface area contributed by atoms with Crippen LogP contribution in [0.2, 0.25) is 0 Å². The summed E-state index contributed by atoms with van der Waals surface area (Å²) in [6, 6.07) is 1.80. The number of aromatic nitrogens is 1. The van der Waals surface area contributed by atoms with Crippen LogP contribution in [0.3, 0.4) is 0 Å². The summed E-state index contributed by atoms with van der Waals surface area (Å²) in [7, 11) is 0. The second-order valence-electron chi connectivity index (χ2n) is 3.28. The smallest absolute Gasteiger partial charge is 0.167 e. The maximum atomic E-state index is 5.43. The molecule has 0 aliphatic carbocycles. The van der Waals surface area contributed by atoms with Crippen molar-refractivity contribution >= 4 is 5.82 Å². The highest BCUT2D eigenvalue weighted by Gasteiger charge is 2.16. The first-order chi connectivity index (χ1) is 5.84. The maximum absolute atomic E-state index is 5.43. The third kappa shape index (κ3) is 1.58. The van der Waals surface area contributed by atoms with Gasteiger partial charge in [0.25, 0.3) is 0 Å². The number of nitrogens with zero attached hydrogens (tertiary/aromatic N) is 1. The Morgan fingerprint density at radius 3 is 3.25 bits per heavy atom. The van der Waals surface area contributed by atoms with E-state index in [9.17, 15) is 0 Å². The van der Waals surface area contributed by atoms with Crippen LogP contribution >= 0.6 is 0 Å². The van der Waals surface area contributed by atoms with Crippen LogP contribution in [-0.2, 0) is 6.42 Å². The topological polar surface area (TPSA) is 64.1 Å². The van der Waals surface area contributed by atoms with Crippen molar-refractivity contribution in [3.05, 3.63) is 11.8 Å². The minimum Gasteiger partial charge on any atom is -0.381 e. The van der Waals surface area contributed by atoms with Gasteiger partial charge in [-0.05, 0) is 25.4 Å². The molecule has 0 aromatic carbocycles. The van der Waals surface area contributed by atoms with Gasteiger partial charge in [-0.2, -0.15) is 0 Å². The molecule has 0 spiro atoms. The maximum Gasteiger partial charge on any atom is 0.167 e. The third-order valence-corrected chi connectivity index (χ3v) is 2.23. The molecule has 1 unspecified atom stereocenters. The van der Waals surface area contributed by atoms with Crippen LogP contribution in [0.25, 0.3) is 0 Å². The van der Waals surface area contributed by atoms with E-state index in [4.69, 9.17) is 10.3 Å². The van der Waals surface area contributed by atoms with Crippen molar-refractivity contribution in [1.29, 1.82) is 0 Å². The number of nitrogen functional groups attached to an aromatic ring is 1. The number of nitrogens with two attached hydrogens (primary N) is 1. The molecule has 0 amide bonds. The minimum atomic E-state index is 0.482. The van der Waals surface area contributed by atoms with E-state index in [1.807, 2.05) is 0 Å². The zero-order valence-corrected chi connectivity index (χ0v) is 6.92. The molecule has 1 atom stereocenters. The first-order valence-corrected chi connectivity index (χ1v) is 4.26. The summed E-state index contributed by atoms with van der Waals surface area (Å²) in [5.74, 6) is 2.08. The molecule has 1 aromatic rings. The van der Waals surface area contributed by atoms with E-state index in [1.54, 1.807) is 6.07 Å². The Morgan fingerprint density at radius 1 is 1.75 bits per heavy atom. The van der Waals surface area contributed by atoms with Crippen LogP contribution in [0.1, 0.15) is 12.2 Å². The van der Waals surface area contributed by atoms with Gasteiger partial charge in [-0.3, -0.25) is 0 Å². The number of hydrogen-bond donors (Lipinski definition) is 2. The number of nitrogens with one attached hydrogen (secondary N) is 1. The molecular weight excluding hydrogens is 154 g/mol. The van der Waals surface area contributed by atoms with E-state index >= 15 is 0 Å². The van der Waals surface area contributed by atoms with E-state index in [0.29, 0.717) is 11.7 Å². The zero-order chi connectivity index (χ0) is 8.39. The van der Waals surface area contributed by atoms with Crippen molar-refractivity contribution in [2.75, 3.05) is 18.8 Å². The largest absolute Gasteiger partial charge is 0.381 e. The molecule has 66 valence electrons. The van der Waals surface area contributed by atoms with Crippen molar-refractivity contribution < 1.29 is 4.52 Å². The molecule has 2 heterocycles. The molecule has 4 heteroatoms. The lowest BCUT2D eigenvalue weighted by atomic mass is 10.0. The van der Waals surface area contributed by atoms with Crippen LogP contribution in [-0.4, -0.2) is 18.2 Å². The predicted molar refractivity (Wildman–Crippen MR) is 45.6 cm³/mol. The summed E-state index contributed by atoms with van der Waals surface area (Å²) >= 11 is 0. The quantitative estimate of drug-likeness (QED) is 0.669. The van der Waals surface area contributed by atoms with Crippen molar-refractivity contribution in [2.24, 2.45) is 5.92 Å². The summed E-state index contributed by atoms with van der Waals surface area (Å²) in [6.45, 7) is 2.20. The Hall–Kier alpha value is -1.03. The highest BCUT2D eigenvalue weighted by Crippen LogP contribution is 2.16. The standard InChI is InChI=1S/C8H13N3O/c9-8-4-7(12-11-8)3-6-1-2-10-5-6/h4,6,10H,1-3,5H2,(H2,9,11). The lowest BCUT2D eigenvalue weighted by Gasteiger charge is -2.02. The normalized spacial score (nSPS) is 23.2. The van der Waals surface area contributed by atoms with Crippen LogP contribution in [0.4, 0.5) is 5.82 Å². The monoisotopic (exact) mass is 167 g/mol. The Kier molecular flexibility index (Phi) is 1.99. The first kappa shape index (κ1) is 7.61. The fourth-order valence-electron chi connectivity index (χ4n) is 1.60. The van der Waals surface area contributed by atoms with Crippen molar-refractivity contribution in [3.63, 3.8) is 0 Å². The van der Waals surface area contributed by atoms with Crippen LogP contribution in [0, 0.1) is 5.92 Å². The Balaban J connectivity index is 1.94. The lowest BCUT2D eigenvalue weighted by molar-refractivity contribution is 0.365. The Morgan fingerprint density at radius 2 is 2.67 bits per heavy atom. The van der Waals surface area contributed by atoms with Gasteiger partial charge in [0, 0.05) is 12.5 Å². The van der Waals surface area contributed by atoms with Gasteiger partial charge in [-0.15, -0.1) is 0 Å². The lowest BCUT2D eigenvalue weighted by Crippen LogP contribution is -2.10. The van der Waals surface area contributed by atoms with Crippen molar-refractivity contribution in [2.45, 2.75) is 12.8 Å². The van der Waals surface area contributed by atoms with Gasteiger partial charge in [0.05, 0.1) is 0 Å². The third-order valence-electron chi connectivity index (χ3n) is 2.23. The van der Waals surface area contributed by atoms with Gasteiger partial charge in [0.2, 0.25) is 0 Å². The summed E-state index contributed by atoms with van der Waals surface area (Å²) < 4.78 is 5.02. The molecule has 0 bridgehead atoms. The molecule has 3 N–H and O–H groups in total. The molecule has 1 aliphatic rings. The molecule has 0 saturated carbocycles. The molecule has 0 radical (unpaired) electrons. The van der Waals surface area contributed by atoms with Gasteiger partial charge in [0.15, 0.2) is 5.82 Å². The molecule has 4 nitrogen and oxygen atoms in total. The summed E-state index contributed by atoms with van der Waals surface area (Å²) in [6.07, 6.45) is 2.18. The van der Waals surface area contributed by atoms with E-state index in [-0.39, 0.29) is 0 Å². The summed E-state index contributed by atoms with van der Waals surface area (Å²) in [4.78, 5) is 0. The highest BCUT2D eigenvalue weighted by atomic mass is 16.5. The number of hydrogen-bond acceptors (Lipinski definition) is 4. The molecule has 1 saturated heterocycles. The van der Waals surface area contributed by atoms with Crippen LogP contribution in [0.15, 0.2) is 10.6 Å². The summed E-state index contributed by atoms with van der Waals surface area (Å²) in [5, 5.41) is 6.95. The fourth-order valence-corrected chi connectivity index (χ4v) is 1.60. The second kappa shape index (κ2) is 3.15. The van der Waals surface area contributed by atoms with E-state index in [1.165, 1.54) is 6.42 Å². The van der Waals surface area contributed by atoms with Crippen LogP contribution in [0.5, 0.6) is 0 Å². The second-order valence-corrected chi connectivity index (χ2v) is 3.28. The highest BCUT2D eigenvalue weighted by molar-refractivity contribution is 5.26. The molecule has 2 rings (SSSR count). The molecular formula is C8H13N3O. The van der Waals surface area contributed by atoms with Crippen LogP contribution < -0.4 is 11.1 Å². The minimum absolute atomic E-state index is 0.482. The molecule has 1 aliphatic heterocycles. The van der Waals surface area contributed by atoms with Crippen molar-refractivity contribution in [1.82, 2.24) is 10.5 Å². The van der Waals surface area contributed by atoms with E-state index in [0.717, 1.165) is 25.3 Å². The number of anilines is 1.